The van der Waals surface area contributed by atoms with Gasteiger partial charge >= 0.3 is 0 Å². The van der Waals surface area contributed by atoms with Crippen LogP contribution in [0.25, 0.3) is 5.65 Å². The molecule has 1 amide bonds. The van der Waals surface area contributed by atoms with Gasteiger partial charge in [0.2, 0.25) is 0 Å². The van der Waals surface area contributed by atoms with Gasteiger partial charge in [0, 0.05) is 45.1 Å². The molecule has 0 aliphatic carbocycles. The molecular formula is C18H21N7O2. The number of rotatable bonds is 4. The summed E-state index contributed by atoms with van der Waals surface area (Å²) in [4.78, 5) is 30.7. The van der Waals surface area contributed by atoms with Crippen LogP contribution in [0.5, 0.6) is 0 Å². The van der Waals surface area contributed by atoms with Crippen molar-refractivity contribution in [3.63, 3.8) is 0 Å². The molecule has 9 heteroatoms. The molecule has 1 N–H and O–H groups in total. The smallest absolute Gasteiger partial charge is 0.268 e. The van der Waals surface area contributed by atoms with Gasteiger partial charge in [-0.3, -0.25) is 9.59 Å². The number of nitrogens with one attached hydrogen (secondary N) is 1. The SMILES string of the molecule is Cc1cnc2c(C(=O)NC[C@@H]3CCN(c4cnn(C)c(=O)c4)C3)cnn2c1. The van der Waals surface area contributed by atoms with Crippen LogP contribution in [0.3, 0.4) is 0 Å². The van der Waals surface area contributed by atoms with E-state index in [-0.39, 0.29) is 11.5 Å². The Hall–Kier alpha value is -3.23. The zero-order chi connectivity index (χ0) is 19.0. The zero-order valence-electron chi connectivity index (χ0n) is 15.3. The molecule has 0 bridgehead atoms. The van der Waals surface area contributed by atoms with E-state index in [2.05, 4.69) is 25.4 Å². The number of fused-ring (bicyclic) bond motifs is 1. The molecule has 3 aromatic heterocycles. The monoisotopic (exact) mass is 367 g/mol. The molecule has 1 saturated heterocycles. The molecule has 4 rings (SSSR count). The fraction of sp³-hybridized carbons (Fsp3) is 0.389. The average Bonchev–Trinajstić information content (AvgIpc) is 3.28. The van der Waals surface area contributed by atoms with Crippen LogP contribution in [0.1, 0.15) is 22.3 Å². The maximum Gasteiger partial charge on any atom is 0.268 e. The molecule has 140 valence electrons. The van der Waals surface area contributed by atoms with E-state index in [0.717, 1.165) is 30.8 Å². The summed E-state index contributed by atoms with van der Waals surface area (Å²) in [5.41, 5.74) is 2.71. The molecule has 0 spiro atoms. The standard InChI is InChI=1S/C18H21N7O2/c1-12-6-19-17-15(9-22-25(17)10-12)18(27)20-7-13-3-4-24(11-13)14-5-16(26)23(2)21-8-14/h5-6,8-10,13H,3-4,7,11H2,1-2H3,(H,20,27)/t13-/m0/s1. The zero-order valence-corrected chi connectivity index (χ0v) is 15.3. The molecule has 0 aromatic carbocycles. The van der Waals surface area contributed by atoms with Crippen molar-refractivity contribution >= 4 is 17.2 Å². The first-order valence-electron chi connectivity index (χ1n) is 8.88. The van der Waals surface area contributed by atoms with E-state index < -0.39 is 0 Å². The van der Waals surface area contributed by atoms with E-state index in [1.807, 2.05) is 13.1 Å². The van der Waals surface area contributed by atoms with Gasteiger partial charge in [-0.25, -0.2) is 14.2 Å². The Bertz CT molecular complexity index is 1060. The van der Waals surface area contributed by atoms with Gasteiger partial charge in [0.1, 0.15) is 5.56 Å². The fourth-order valence-electron chi connectivity index (χ4n) is 3.33. The molecule has 1 aliphatic heterocycles. The van der Waals surface area contributed by atoms with Crippen molar-refractivity contribution in [1.82, 2.24) is 29.7 Å². The first kappa shape index (κ1) is 17.2. The van der Waals surface area contributed by atoms with Crippen molar-refractivity contribution in [3.8, 4) is 0 Å². The predicted octanol–water partition coefficient (Wildman–Crippen LogP) is 0.388. The Balaban J connectivity index is 1.38. The molecule has 0 unspecified atom stereocenters. The minimum atomic E-state index is -0.171. The molecule has 9 nitrogen and oxygen atoms in total. The molecule has 27 heavy (non-hydrogen) atoms. The lowest BCUT2D eigenvalue weighted by Crippen LogP contribution is -2.31. The fourth-order valence-corrected chi connectivity index (χ4v) is 3.33. The van der Waals surface area contributed by atoms with Crippen LogP contribution in [0.4, 0.5) is 5.69 Å². The number of carbonyl (C=O) groups excluding carboxylic acids is 1. The third-order valence-electron chi connectivity index (χ3n) is 4.89. The number of nitrogens with zero attached hydrogens (tertiary/aromatic N) is 6. The Kier molecular flexibility index (Phi) is 4.35. The number of aryl methyl sites for hydroxylation is 2. The largest absolute Gasteiger partial charge is 0.370 e. The highest BCUT2D eigenvalue weighted by Crippen LogP contribution is 2.21. The van der Waals surface area contributed by atoms with E-state index in [9.17, 15) is 9.59 Å². The van der Waals surface area contributed by atoms with E-state index in [0.29, 0.717) is 23.7 Å². The summed E-state index contributed by atoms with van der Waals surface area (Å²) < 4.78 is 2.92. The van der Waals surface area contributed by atoms with Crippen molar-refractivity contribution in [3.05, 3.63) is 52.3 Å². The lowest BCUT2D eigenvalue weighted by Gasteiger charge is -2.18. The van der Waals surface area contributed by atoms with Gasteiger partial charge in [0.25, 0.3) is 11.5 Å². The highest BCUT2D eigenvalue weighted by atomic mass is 16.1. The number of hydrogen-bond acceptors (Lipinski definition) is 6. The highest BCUT2D eigenvalue weighted by Gasteiger charge is 2.24. The second-order valence-corrected chi connectivity index (χ2v) is 6.94. The van der Waals surface area contributed by atoms with Gasteiger partial charge < -0.3 is 10.2 Å². The van der Waals surface area contributed by atoms with Gasteiger partial charge in [-0.2, -0.15) is 10.2 Å². The third-order valence-corrected chi connectivity index (χ3v) is 4.89. The maximum absolute atomic E-state index is 12.5. The van der Waals surface area contributed by atoms with Crippen LogP contribution in [0.15, 0.2) is 35.6 Å². The maximum atomic E-state index is 12.5. The van der Waals surface area contributed by atoms with Crippen LogP contribution in [0, 0.1) is 12.8 Å². The van der Waals surface area contributed by atoms with E-state index in [4.69, 9.17) is 0 Å². The summed E-state index contributed by atoms with van der Waals surface area (Å²) in [6.45, 7) is 4.11. The highest BCUT2D eigenvalue weighted by molar-refractivity contribution is 5.99. The summed E-state index contributed by atoms with van der Waals surface area (Å²) in [6, 6.07) is 1.60. The van der Waals surface area contributed by atoms with Crippen molar-refractivity contribution in [1.29, 1.82) is 0 Å². The lowest BCUT2D eigenvalue weighted by atomic mass is 10.1. The Labute approximate surface area is 155 Å². The van der Waals surface area contributed by atoms with Crippen molar-refractivity contribution in [2.24, 2.45) is 13.0 Å². The number of hydrogen-bond donors (Lipinski definition) is 1. The van der Waals surface area contributed by atoms with E-state index >= 15 is 0 Å². The van der Waals surface area contributed by atoms with E-state index in [1.54, 1.807) is 36.2 Å². The van der Waals surface area contributed by atoms with Crippen LogP contribution in [-0.4, -0.2) is 49.9 Å². The number of aromatic nitrogens is 5. The summed E-state index contributed by atoms with van der Waals surface area (Å²) in [5.74, 6) is 0.144. The molecule has 3 aromatic rings. The molecule has 1 fully saturated rings. The normalized spacial score (nSPS) is 16.8. The second kappa shape index (κ2) is 6.82. The summed E-state index contributed by atoms with van der Waals surface area (Å²) in [7, 11) is 1.63. The van der Waals surface area contributed by atoms with Crippen molar-refractivity contribution in [2.45, 2.75) is 13.3 Å². The lowest BCUT2D eigenvalue weighted by molar-refractivity contribution is 0.0949. The Morgan fingerprint density at radius 2 is 2.15 bits per heavy atom. The molecule has 0 saturated carbocycles. The Morgan fingerprint density at radius 1 is 1.30 bits per heavy atom. The summed E-state index contributed by atoms with van der Waals surface area (Å²) in [5, 5.41) is 11.2. The molecule has 1 aliphatic rings. The van der Waals surface area contributed by atoms with Gasteiger partial charge in [0.05, 0.1) is 18.1 Å². The van der Waals surface area contributed by atoms with Gasteiger partial charge in [-0.05, 0) is 24.8 Å². The van der Waals surface area contributed by atoms with Gasteiger partial charge in [-0.1, -0.05) is 0 Å². The topological polar surface area (TPSA) is 97.4 Å². The van der Waals surface area contributed by atoms with Crippen LogP contribution in [-0.2, 0) is 7.05 Å². The van der Waals surface area contributed by atoms with Crippen LogP contribution >= 0.6 is 0 Å². The number of carbonyl (C=O) groups is 1. The predicted molar refractivity (Wildman–Crippen MR) is 99.9 cm³/mol. The minimum Gasteiger partial charge on any atom is -0.370 e. The molecule has 1 atom stereocenters. The minimum absolute atomic E-state index is 0.125. The molecule has 4 heterocycles. The molecular weight excluding hydrogens is 346 g/mol. The number of anilines is 1. The second-order valence-electron chi connectivity index (χ2n) is 6.94. The van der Waals surface area contributed by atoms with E-state index in [1.165, 1.54) is 4.68 Å². The Morgan fingerprint density at radius 3 is 2.96 bits per heavy atom. The summed E-state index contributed by atoms with van der Waals surface area (Å²) in [6.07, 6.45) is 7.76. The van der Waals surface area contributed by atoms with Crippen LogP contribution < -0.4 is 15.8 Å². The summed E-state index contributed by atoms with van der Waals surface area (Å²) >= 11 is 0. The third kappa shape index (κ3) is 3.40. The first-order chi connectivity index (χ1) is 13.0. The van der Waals surface area contributed by atoms with Gasteiger partial charge in [-0.15, -0.1) is 0 Å². The first-order valence-corrected chi connectivity index (χ1v) is 8.88. The average molecular weight is 367 g/mol. The molecule has 0 radical (unpaired) electrons. The van der Waals surface area contributed by atoms with Crippen molar-refractivity contribution in [2.75, 3.05) is 24.5 Å². The van der Waals surface area contributed by atoms with Crippen LogP contribution in [0.2, 0.25) is 0 Å². The number of amides is 1. The quantitative estimate of drug-likeness (QED) is 0.716. The van der Waals surface area contributed by atoms with Crippen molar-refractivity contribution < 1.29 is 4.79 Å². The van der Waals surface area contributed by atoms with Gasteiger partial charge in [0.15, 0.2) is 5.65 Å².